The maximum absolute atomic E-state index is 13.1. The molecular formula is C26H27IN4O5S. The number of rotatable bonds is 9. The molecule has 2 aromatic rings. The zero-order valence-electron chi connectivity index (χ0n) is 20.5. The van der Waals surface area contributed by atoms with E-state index in [1.807, 2.05) is 47.5 Å². The predicted octanol–water partition coefficient (Wildman–Crippen LogP) is 3.62. The molecule has 0 N–H and O–H groups in total. The zero-order chi connectivity index (χ0) is 26.4. The van der Waals surface area contributed by atoms with Crippen molar-refractivity contribution in [1.29, 1.82) is 0 Å². The summed E-state index contributed by atoms with van der Waals surface area (Å²) in [5, 5.41) is 0. The van der Waals surface area contributed by atoms with Gasteiger partial charge >= 0.3 is 0 Å². The van der Waals surface area contributed by atoms with Gasteiger partial charge in [0.1, 0.15) is 5.84 Å². The summed E-state index contributed by atoms with van der Waals surface area (Å²) in [7, 11) is -0.765. The minimum Gasteiger partial charge on any atom is -0.383 e. The van der Waals surface area contributed by atoms with Gasteiger partial charge in [0.15, 0.2) is 5.84 Å². The van der Waals surface area contributed by atoms with Gasteiger partial charge in [-0.1, -0.05) is 24.3 Å². The minimum atomic E-state index is -3.79. The van der Waals surface area contributed by atoms with Crippen LogP contribution in [-0.4, -0.2) is 75.7 Å². The molecule has 2 heterocycles. The van der Waals surface area contributed by atoms with Gasteiger partial charge < -0.3 is 14.4 Å². The molecule has 2 aromatic carbocycles. The first-order valence-corrected chi connectivity index (χ1v) is 14.1. The quantitative estimate of drug-likeness (QED) is 0.391. The highest BCUT2D eigenvalue weighted by molar-refractivity contribution is 14.1. The van der Waals surface area contributed by atoms with Crippen LogP contribution in [0.4, 0.5) is 0 Å². The lowest BCUT2D eigenvalue weighted by Gasteiger charge is -2.21. The van der Waals surface area contributed by atoms with E-state index in [1.54, 1.807) is 0 Å². The second-order valence-corrected chi connectivity index (χ2v) is 11.4. The van der Waals surface area contributed by atoms with E-state index >= 15 is 0 Å². The van der Waals surface area contributed by atoms with Crippen LogP contribution in [-0.2, 0) is 26.0 Å². The first-order valence-electron chi connectivity index (χ1n) is 11.5. The summed E-state index contributed by atoms with van der Waals surface area (Å²) >= 11 is 2.25. The van der Waals surface area contributed by atoms with Crippen molar-refractivity contribution < 1.29 is 22.7 Å². The minimum absolute atomic E-state index is 0.0772. The number of methoxy groups -OCH3 is 2. The third-order valence-corrected chi connectivity index (χ3v) is 8.37. The molecule has 2 aliphatic heterocycles. The number of hydrogen-bond donors (Lipinski definition) is 0. The third kappa shape index (κ3) is 6.41. The first kappa shape index (κ1) is 27.3. The molecule has 0 bridgehead atoms. The predicted molar refractivity (Wildman–Crippen MR) is 150 cm³/mol. The standard InChI is InChI=1S/C26H27IN4O5S/c1-35-15-13-31(14-16-36-2)37(33,34)22-10-7-19(8-11-22)26(32)29-25-23-6-4-3-5-20(23)17-30-18-21(27)9-12-24(30)28-25/h3-12,18H,13-17H2,1-2H3. The summed E-state index contributed by atoms with van der Waals surface area (Å²) in [4.78, 5) is 24.3. The summed E-state index contributed by atoms with van der Waals surface area (Å²) in [5.41, 5.74) is 2.04. The summed E-state index contributed by atoms with van der Waals surface area (Å²) in [6.07, 6.45) is 5.85. The maximum atomic E-state index is 13.1. The largest absolute Gasteiger partial charge is 0.383 e. The monoisotopic (exact) mass is 634 g/mol. The highest BCUT2D eigenvalue weighted by atomic mass is 127. The van der Waals surface area contributed by atoms with Gasteiger partial charge in [-0.05, 0) is 64.6 Å². The van der Waals surface area contributed by atoms with Crippen molar-refractivity contribution in [1.82, 2.24) is 9.21 Å². The number of allylic oxidation sites excluding steroid dienone is 2. The van der Waals surface area contributed by atoms with E-state index in [-0.39, 0.29) is 36.8 Å². The Bertz CT molecular complexity index is 1380. The number of ether oxygens (including phenoxy) is 2. The van der Waals surface area contributed by atoms with Gasteiger partial charge in [-0.3, -0.25) is 4.79 Å². The molecule has 0 radical (unpaired) electrons. The van der Waals surface area contributed by atoms with Gasteiger partial charge in [-0.25, -0.2) is 13.4 Å². The molecular weight excluding hydrogens is 607 g/mol. The molecule has 0 spiro atoms. The number of sulfonamides is 1. The van der Waals surface area contributed by atoms with E-state index in [4.69, 9.17) is 9.47 Å². The molecule has 0 fully saturated rings. The van der Waals surface area contributed by atoms with Crippen LogP contribution in [0.5, 0.6) is 0 Å². The van der Waals surface area contributed by atoms with E-state index in [0.717, 1.165) is 14.7 Å². The normalized spacial score (nSPS) is 16.2. The second-order valence-electron chi connectivity index (χ2n) is 8.26. The number of carbonyl (C=O) groups is 1. The van der Waals surface area contributed by atoms with Crippen LogP contribution >= 0.6 is 22.6 Å². The van der Waals surface area contributed by atoms with E-state index in [9.17, 15) is 13.2 Å². The Morgan fingerprint density at radius 3 is 2.41 bits per heavy atom. The molecule has 4 rings (SSSR count). The van der Waals surface area contributed by atoms with Crippen molar-refractivity contribution in [3.05, 3.63) is 87.2 Å². The van der Waals surface area contributed by atoms with Gasteiger partial charge in [0.25, 0.3) is 5.91 Å². The number of amidine groups is 2. The number of amides is 1. The van der Waals surface area contributed by atoms with Crippen molar-refractivity contribution in [2.45, 2.75) is 11.4 Å². The number of aliphatic imine (C=N–C) groups is 2. The molecule has 37 heavy (non-hydrogen) atoms. The third-order valence-electron chi connectivity index (χ3n) is 5.82. The van der Waals surface area contributed by atoms with Gasteiger partial charge in [-0.15, -0.1) is 0 Å². The molecule has 194 valence electrons. The molecule has 2 aliphatic rings. The van der Waals surface area contributed by atoms with Crippen LogP contribution in [0, 0.1) is 0 Å². The van der Waals surface area contributed by atoms with Crippen LogP contribution in [0.15, 0.2) is 85.3 Å². The Morgan fingerprint density at radius 1 is 1.05 bits per heavy atom. The van der Waals surface area contributed by atoms with Crippen molar-refractivity contribution in [3.8, 4) is 0 Å². The molecule has 9 nitrogen and oxygen atoms in total. The summed E-state index contributed by atoms with van der Waals surface area (Å²) < 4.78 is 38.8. The zero-order valence-corrected chi connectivity index (χ0v) is 23.5. The molecule has 11 heteroatoms. The van der Waals surface area contributed by atoms with Crippen molar-refractivity contribution in [2.75, 3.05) is 40.5 Å². The van der Waals surface area contributed by atoms with Crippen LogP contribution in [0.25, 0.3) is 0 Å². The average Bonchev–Trinajstić information content (AvgIpc) is 3.04. The number of fused-ring (bicyclic) bond motifs is 2. The smallest absolute Gasteiger partial charge is 0.279 e. The van der Waals surface area contributed by atoms with Crippen molar-refractivity contribution in [3.63, 3.8) is 0 Å². The Kier molecular flexibility index (Phi) is 9.03. The molecule has 0 aromatic heterocycles. The van der Waals surface area contributed by atoms with Crippen LogP contribution < -0.4 is 0 Å². The highest BCUT2D eigenvalue weighted by Crippen LogP contribution is 2.24. The van der Waals surface area contributed by atoms with Gasteiger partial charge in [-0.2, -0.15) is 9.30 Å². The fraction of sp³-hybridized carbons (Fsp3) is 0.269. The summed E-state index contributed by atoms with van der Waals surface area (Å²) in [6.45, 7) is 1.49. The molecule has 1 amide bonds. The lowest BCUT2D eigenvalue weighted by atomic mass is 10.1. The fourth-order valence-electron chi connectivity index (χ4n) is 3.87. The average molecular weight is 634 g/mol. The Hall–Kier alpha value is -2.71. The molecule has 0 atom stereocenters. The number of halogens is 1. The van der Waals surface area contributed by atoms with Gasteiger partial charge in [0.2, 0.25) is 10.0 Å². The fourth-order valence-corrected chi connectivity index (χ4v) is 5.79. The maximum Gasteiger partial charge on any atom is 0.279 e. The summed E-state index contributed by atoms with van der Waals surface area (Å²) in [5.74, 6) is 0.499. The summed E-state index contributed by atoms with van der Waals surface area (Å²) in [6, 6.07) is 13.5. The Morgan fingerprint density at radius 2 is 1.73 bits per heavy atom. The number of hydrogen-bond acceptors (Lipinski definition) is 6. The molecule has 0 aliphatic carbocycles. The topological polar surface area (TPSA) is 101 Å². The number of benzene rings is 2. The van der Waals surface area contributed by atoms with Crippen LogP contribution in [0.2, 0.25) is 0 Å². The molecule has 0 saturated heterocycles. The Labute approximate surface area is 230 Å². The Balaban J connectivity index is 1.62. The van der Waals surface area contributed by atoms with Gasteiger partial charge in [0.05, 0.1) is 18.1 Å². The lowest BCUT2D eigenvalue weighted by Crippen LogP contribution is -2.36. The van der Waals surface area contributed by atoms with Gasteiger partial charge in [0, 0.05) is 54.8 Å². The van der Waals surface area contributed by atoms with E-state index < -0.39 is 15.9 Å². The number of carbonyl (C=O) groups excluding carboxylic acids is 1. The first-order chi connectivity index (χ1) is 17.8. The van der Waals surface area contributed by atoms with Crippen LogP contribution in [0.3, 0.4) is 0 Å². The second kappa shape index (κ2) is 12.2. The van der Waals surface area contributed by atoms with E-state index in [1.165, 1.54) is 42.8 Å². The van der Waals surface area contributed by atoms with Crippen LogP contribution in [0.1, 0.15) is 21.5 Å². The molecule has 0 saturated carbocycles. The molecule has 0 unspecified atom stereocenters. The van der Waals surface area contributed by atoms with E-state index in [2.05, 4.69) is 32.6 Å². The van der Waals surface area contributed by atoms with E-state index in [0.29, 0.717) is 18.2 Å². The van der Waals surface area contributed by atoms with Crippen molar-refractivity contribution >= 4 is 50.2 Å². The highest BCUT2D eigenvalue weighted by Gasteiger charge is 2.25. The lowest BCUT2D eigenvalue weighted by molar-refractivity contribution is 0.100. The SMILES string of the molecule is COCCN(CCOC)S(=O)(=O)c1ccc(C(=O)N=C2N=C3C=CC(I)=CN3Cc3ccccc32)cc1. The van der Waals surface area contributed by atoms with Crippen molar-refractivity contribution in [2.24, 2.45) is 9.98 Å². The number of nitrogens with zero attached hydrogens (tertiary/aromatic N) is 4.